The van der Waals surface area contributed by atoms with Gasteiger partial charge in [-0.05, 0) is 38.6 Å². The Hall–Kier alpha value is -0.690. The van der Waals surface area contributed by atoms with E-state index in [0.717, 1.165) is 19.4 Å². The number of rotatable bonds is 8. The van der Waals surface area contributed by atoms with Crippen LogP contribution >= 0.6 is 0 Å². The van der Waals surface area contributed by atoms with Gasteiger partial charge in [0.25, 0.3) is 0 Å². The number of ether oxygens (including phenoxy) is 1. The van der Waals surface area contributed by atoms with Gasteiger partial charge in [-0.15, -0.1) is 0 Å². The van der Waals surface area contributed by atoms with Crippen LogP contribution in [0, 0.1) is 0 Å². The second-order valence-corrected chi connectivity index (χ2v) is 6.05. The quantitative estimate of drug-likeness (QED) is 0.463. The van der Waals surface area contributed by atoms with Crippen molar-refractivity contribution in [3.05, 3.63) is 0 Å². The summed E-state index contributed by atoms with van der Waals surface area (Å²) in [4.78, 5) is 10.0. The number of piperidine rings is 1. The van der Waals surface area contributed by atoms with Crippen LogP contribution in [0.1, 0.15) is 38.5 Å². The fourth-order valence-corrected chi connectivity index (χ4v) is 2.44. The molecule has 1 saturated heterocycles. The molecule has 0 spiro atoms. The SMILES string of the molecule is COCC[N+]1(C)CCCCC1.NCCCC[C@H](N)C(=O)[O-]. The molecule has 0 aromatic rings. The Labute approximate surface area is 129 Å². The third-order valence-corrected chi connectivity index (χ3v) is 4.00. The second kappa shape index (κ2) is 11.9. The van der Waals surface area contributed by atoms with Crippen molar-refractivity contribution >= 4 is 5.97 Å². The average molecular weight is 303 g/mol. The highest BCUT2D eigenvalue weighted by atomic mass is 16.5. The third kappa shape index (κ3) is 10.6. The fraction of sp³-hybridized carbons (Fsp3) is 0.933. The number of carboxylic acid groups (broad SMARTS) is 1. The molecule has 0 aromatic heterocycles. The molecule has 0 aliphatic carbocycles. The number of hydrogen-bond donors (Lipinski definition) is 2. The molecule has 126 valence electrons. The van der Waals surface area contributed by atoms with E-state index in [1.54, 1.807) is 7.11 Å². The van der Waals surface area contributed by atoms with Gasteiger partial charge in [-0.25, -0.2) is 0 Å². The van der Waals surface area contributed by atoms with Crippen molar-refractivity contribution in [3.63, 3.8) is 0 Å². The summed E-state index contributed by atoms with van der Waals surface area (Å²) in [5.41, 5.74) is 10.3. The van der Waals surface area contributed by atoms with Gasteiger partial charge in [0, 0.05) is 13.2 Å². The first-order chi connectivity index (χ1) is 9.95. The topological polar surface area (TPSA) is 101 Å². The number of methoxy groups -OCH3 is 1. The van der Waals surface area contributed by atoms with Crippen molar-refractivity contribution in [1.82, 2.24) is 0 Å². The van der Waals surface area contributed by atoms with Crippen LogP contribution in [-0.4, -0.2) is 63.4 Å². The summed E-state index contributed by atoms with van der Waals surface area (Å²) in [6.07, 6.45) is 6.27. The summed E-state index contributed by atoms with van der Waals surface area (Å²) in [5.74, 6) is -1.18. The predicted octanol–water partition coefficient (Wildman–Crippen LogP) is -0.544. The molecule has 1 fully saturated rings. The first-order valence-corrected chi connectivity index (χ1v) is 7.94. The standard InChI is InChI=1S/C9H20NO.C6H14N2O2/c1-10(8-9-11-2)6-4-3-5-7-10;7-4-2-1-3-5(8)6(9)10/h3-9H2,1-2H3;5H,1-4,7-8H2,(H,9,10)/q+1;/p-1/t;5-/m.0/s1. The van der Waals surface area contributed by atoms with E-state index >= 15 is 0 Å². The molecule has 1 atom stereocenters. The zero-order valence-corrected chi connectivity index (χ0v) is 13.7. The summed E-state index contributed by atoms with van der Waals surface area (Å²) in [6.45, 7) is 5.39. The minimum atomic E-state index is -1.18. The molecule has 21 heavy (non-hydrogen) atoms. The van der Waals surface area contributed by atoms with Crippen LogP contribution in [0.15, 0.2) is 0 Å². The Morgan fingerprint density at radius 2 is 1.90 bits per heavy atom. The van der Waals surface area contributed by atoms with Gasteiger partial charge in [-0.2, -0.15) is 0 Å². The third-order valence-electron chi connectivity index (χ3n) is 4.00. The molecule has 0 aromatic carbocycles. The van der Waals surface area contributed by atoms with E-state index < -0.39 is 12.0 Å². The Kier molecular flexibility index (Phi) is 11.5. The van der Waals surface area contributed by atoms with Crippen LogP contribution < -0.4 is 16.6 Å². The summed E-state index contributed by atoms with van der Waals surface area (Å²) >= 11 is 0. The van der Waals surface area contributed by atoms with Crippen LogP contribution in [0.4, 0.5) is 0 Å². The van der Waals surface area contributed by atoms with E-state index in [4.69, 9.17) is 16.2 Å². The highest BCUT2D eigenvalue weighted by Gasteiger charge is 2.23. The Morgan fingerprint density at radius 3 is 2.38 bits per heavy atom. The number of carbonyl (C=O) groups is 1. The monoisotopic (exact) mass is 303 g/mol. The van der Waals surface area contributed by atoms with Gasteiger partial charge in [0.05, 0.1) is 32.7 Å². The lowest BCUT2D eigenvalue weighted by Gasteiger charge is -2.37. The van der Waals surface area contributed by atoms with Crippen molar-refractivity contribution in [2.24, 2.45) is 11.5 Å². The number of carboxylic acids is 1. The Morgan fingerprint density at radius 1 is 1.29 bits per heavy atom. The van der Waals surface area contributed by atoms with Gasteiger partial charge in [-0.3, -0.25) is 0 Å². The number of likely N-dealkylation sites (tertiary alicyclic amines) is 1. The molecular formula is C15H33N3O3. The maximum absolute atomic E-state index is 10.0. The average Bonchev–Trinajstić information content (AvgIpc) is 2.47. The number of nitrogens with two attached hydrogens (primary N) is 2. The number of aliphatic carboxylic acids is 1. The first kappa shape index (κ1) is 20.3. The highest BCUT2D eigenvalue weighted by Crippen LogP contribution is 2.15. The van der Waals surface area contributed by atoms with Crippen LogP contribution in [-0.2, 0) is 9.53 Å². The van der Waals surface area contributed by atoms with E-state index in [2.05, 4.69) is 7.05 Å². The number of quaternary nitrogens is 1. The molecule has 1 aliphatic rings. The van der Waals surface area contributed by atoms with E-state index in [9.17, 15) is 9.90 Å². The van der Waals surface area contributed by atoms with E-state index in [0.29, 0.717) is 13.0 Å². The molecule has 1 rings (SSSR count). The van der Waals surface area contributed by atoms with Gasteiger partial charge < -0.3 is 30.6 Å². The lowest BCUT2D eigenvalue weighted by molar-refractivity contribution is -0.914. The molecule has 6 heteroatoms. The van der Waals surface area contributed by atoms with E-state index in [1.807, 2.05) is 0 Å². The lowest BCUT2D eigenvalue weighted by Crippen LogP contribution is -2.49. The Balaban J connectivity index is 0.000000384. The zero-order valence-electron chi connectivity index (χ0n) is 13.7. The second-order valence-electron chi connectivity index (χ2n) is 6.05. The normalized spacial score (nSPS) is 18.5. The van der Waals surface area contributed by atoms with Crippen molar-refractivity contribution in [2.75, 3.05) is 46.9 Å². The molecule has 0 radical (unpaired) electrons. The number of carbonyl (C=O) groups excluding carboxylic acids is 1. The van der Waals surface area contributed by atoms with Crippen molar-refractivity contribution in [3.8, 4) is 0 Å². The van der Waals surface area contributed by atoms with Gasteiger partial charge >= 0.3 is 0 Å². The maximum atomic E-state index is 10.0. The fourth-order valence-electron chi connectivity index (χ4n) is 2.44. The largest absolute Gasteiger partial charge is 0.548 e. The van der Waals surface area contributed by atoms with Crippen LogP contribution in [0.25, 0.3) is 0 Å². The number of hydrogen-bond acceptors (Lipinski definition) is 5. The lowest BCUT2D eigenvalue weighted by atomic mass is 10.1. The predicted molar refractivity (Wildman–Crippen MR) is 82.4 cm³/mol. The van der Waals surface area contributed by atoms with Crippen LogP contribution in [0.5, 0.6) is 0 Å². The molecule has 0 bridgehead atoms. The summed E-state index contributed by atoms with van der Waals surface area (Å²) < 4.78 is 6.32. The minimum Gasteiger partial charge on any atom is -0.548 e. The van der Waals surface area contributed by atoms with Crippen LogP contribution in [0.3, 0.4) is 0 Å². The molecule has 4 N–H and O–H groups in total. The Bertz CT molecular complexity index is 269. The molecular weight excluding hydrogens is 270 g/mol. The highest BCUT2D eigenvalue weighted by molar-refractivity contribution is 5.70. The summed E-state index contributed by atoms with van der Waals surface area (Å²) in [5, 5.41) is 10.0. The van der Waals surface area contributed by atoms with E-state index in [1.165, 1.54) is 43.4 Å². The maximum Gasteiger partial charge on any atom is 0.102 e. The molecule has 6 nitrogen and oxygen atoms in total. The first-order valence-electron chi connectivity index (χ1n) is 7.94. The van der Waals surface area contributed by atoms with Gasteiger partial charge in [0.2, 0.25) is 0 Å². The van der Waals surface area contributed by atoms with Crippen LogP contribution in [0.2, 0.25) is 0 Å². The molecule has 1 aliphatic heterocycles. The van der Waals surface area contributed by atoms with Gasteiger partial charge in [0.1, 0.15) is 6.54 Å². The van der Waals surface area contributed by atoms with Crippen molar-refractivity contribution < 1.29 is 19.1 Å². The molecule has 0 saturated carbocycles. The van der Waals surface area contributed by atoms with Gasteiger partial charge in [-0.1, -0.05) is 6.42 Å². The van der Waals surface area contributed by atoms with Gasteiger partial charge in [0.15, 0.2) is 0 Å². The number of unbranched alkanes of at least 4 members (excludes halogenated alkanes) is 1. The van der Waals surface area contributed by atoms with Crippen molar-refractivity contribution in [2.45, 2.75) is 44.6 Å². The molecule has 0 amide bonds. The van der Waals surface area contributed by atoms with Crippen molar-refractivity contribution in [1.29, 1.82) is 0 Å². The summed E-state index contributed by atoms with van der Waals surface area (Å²) in [6, 6.07) is -0.827. The molecule has 0 unspecified atom stereocenters. The number of nitrogens with zero attached hydrogens (tertiary/aromatic N) is 1. The molecule has 1 heterocycles. The van der Waals surface area contributed by atoms with E-state index in [-0.39, 0.29) is 0 Å². The number of likely N-dealkylation sites (N-methyl/N-ethyl adjacent to an activating group) is 1. The minimum absolute atomic E-state index is 0.458. The zero-order chi connectivity index (χ0) is 16.1. The smallest absolute Gasteiger partial charge is 0.102 e. The summed E-state index contributed by atoms with van der Waals surface area (Å²) in [7, 11) is 4.13.